The van der Waals surface area contributed by atoms with Crippen LogP contribution in [-0.2, 0) is 19.6 Å². The largest absolute Gasteiger partial charge is 0.342 e. The Kier molecular flexibility index (Phi) is 5.04. The summed E-state index contributed by atoms with van der Waals surface area (Å²) >= 11 is 5.81. The zero-order valence-electron chi connectivity index (χ0n) is 13.8. The molecule has 2 saturated heterocycles. The second-order valence-corrected chi connectivity index (χ2v) is 8.59. The number of hydrogen-bond acceptors (Lipinski definition) is 4. The van der Waals surface area contributed by atoms with Gasteiger partial charge in [0, 0.05) is 24.7 Å². The van der Waals surface area contributed by atoms with E-state index in [1.54, 1.807) is 0 Å². The van der Waals surface area contributed by atoms with E-state index >= 15 is 0 Å². The molecule has 7 nitrogen and oxygen atoms in total. The van der Waals surface area contributed by atoms with Crippen LogP contribution in [0.2, 0.25) is 5.02 Å². The van der Waals surface area contributed by atoms with Crippen molar-refractivity contribution >= 4 is 33.4 Å². The Hall–Kier alpha value is -1.64. The van der Waals surface area contributed by atoms with Gasteiger partial charge < -0.3 is 10.2 Å². The molecule has 0 aliphatic carbocycles. The Labute approximate surface area is 152 Å². The highest BCUT2D eigenvalue weighted by Gasteiger charge is 2.45. The Morgan fingerprint density at radius 2 is 1.88 bits per heavy atom. The van der Waals surface area contributed by atoms with Gasteiger partial charge in [0.1, 0.15) is 12.1 Å². The van der Waals surface area contributed by atoms with Crippen LogP contribution >= 0.6 is 11.6 Å². The Morgan fingerprint density at radius 3 is 2.52 bits per heavy atom. The summed E-state index contributed by atoms with van der Waals surface area (Å²) in [7, 11) is -3.74. The highest BCUT2D eigenvalue weighted by molar-refractivity contribution is 7.89. The maximum Gasteiger partial charge on any atom is 0.245 e. The molecule has 25 heavy (non-hydrogen) atoms. The molecule has 136 valence electrons. The molecule has 9 heteroatoms. The van der Waals surface area contributed by atoms with Gasteiger partial charge in [-0.2, -0.15) is 4.31 Å². The lowest BCUT2D eigenvalue weighted by atomic mass is 10.0. The van der Waals surface area contributed by atoms with Gasteiger partial charge in [0.05, 0.1) is 4.90 Å². The molecule has 2 amide bonds. The van der Waals surface area contributed by atoms with E-state index in [0.29, 0.717) is 11.4 Å². The number of halogens is 1. The summed E-state index contributed by atoms with van der Waals surface area (Å²) in [6, 6.07) is 4.61. The van der Waals surface area contributed by atoms with E-state index in [9.17, 15) is 18.0 Å². The van der Waals surface area contributed by atoms with E-state index < -0.39 is 22.1 Å². The minimum absolute atomic E-state index is 0.0403. The number of carbonyl (C=O) groups is 2. The van der Waals surface area contributed by atoms with Crippen molar-refractivity contribution in [3.8, 4) is 0 Å². The van der Waals surface area contributed by atoms with Crippen molar-refractivity contribution in [1.29, 1.82) is 0 Å². The van der Waals surface area contributed by atoms with Crippen LogP contribution in [0.1, 0.15) is 19.8 Å². The van der Waals surface area contributed by atoms with Gasteiger partial charge in [-0.1, -0.05) is 24.9 Å². The fraction of sp³-hybridized carbons (Fsp3) is 0.500. The first-order valence-electron chi connectivity index (χ1n) is 8.21. The number of hydrogen-bond donors (Lipinski definition) is 1. The zero-order valence-corrected chi connectivity index (χ0v) is 15.4. The Morgan fingerprint density at radius 1 is 1.20 bits per heavy atom. The first kappa shape index (κ1) is 18.2. The molecule has 0 spiro atoms. The lowest BCUT2D eigenvalue weighted by molar-refractivity contribution is -0.151. The third-order valence-corrected chi connectivity index (χ3v) is 6.70. The van der Waals surface area contributed by atoms with Crippen molar-refractivity contribution in [3.05, 3.63) is 29.3 Å². The molecular formula is C16H20ClN3O4S. The SMILES string of the molecule is CCC[C@@H]1NC(=O)[C@H]2CN(S(=O)(=O)c3ccc(Cl)cc3)CCN2C1=O. The maximum absolute atomic E-state index is 12.8. The van der Waals surface area contributed by atoms with E-state index in [-0.39, 0.29) is 36.3 Å². The number of amides is 2. The Bertz CT molecular complexity index is 781. The highest BCUT2D eigenvalue weighted by atomic mass is 35.5. The van der Waals surface area contributed by atoms with Crippen LogP contribution in [0.15, 0.2) is 29.2 Å². The minimum Gasteiger partial charge on any atom is -0.342 e. The summed E-state index contributed by atoms with van der Waals surface area (Å²) in [5.41, 5.74) is 0. The van der Waals surface area contributed by atoms with Crippen LogP contribution in [0.5, 0.6) is 0 Å². The summed E-state index contributed by atoms with van der Waals surface area (Å²) in [5.74, 6) is -0.427. The van der Waals surface area contributed by atoms with Crippen molar-refractivity contribution in [2.24, 2.45) is 0 Å². The summed E-state index contributed by atoms with van der Waals surface area (Å²) in [5, 5.41) is 3.16. The summed E-state index contributed by atoms with van der Waals surface area (Å²) in [6.07, 6.45) is 1.37. The average Bonchev–Trinajstić information content (AvgIpc) is 2.59. The molecule has 1 aromatic rings. The molecule has 3 rings (SSSR count). The van der Waals surface area contributed by atoms with Crippen LogP contribution in [0.4, 0.5) is 0 Å². The molecule has 0 radical (unpaired) electrons. The lowest BCUT2D eigenvalue weighted by Gasteiger charge is -2.44. The van der Waals surface area contributed by atoms with Gasteiger partial charge in [-0.05, 0) is 30.7 Å². The maximum atomic E-state index is 12.8. The van der Waals surface area contributed by atoms with Crippen molar-refractivity contribution in [1.82, 2.24) is 14.5 Å². The van der Waals surface area contributed by atoms with Crippen LogP contribution < -0.4 is 5.32 Å². The summed E-state index contributed by atoms with van der Waals surface area (Å²) < 4.78 is 26.8. The third kappa shape index (κ3) is 3.38. The predicted molar refractivity (Wildman–Crippen MR) is 92.6 cm³/mol. The highest BCUT2D eigenvalue weighted by Crippen LogP contribution is 2.24. The van der Waals surface area contributed by atoms with Crippen LogP contribution in [-0.4, -0.2) is 61.2 Å². The Balaban J connectivity index is 1.80. The zero-order chi connectivity index (χ0) is 18.2. The number of nitrogens with zero attached hydrogens (tertiary/aromatic N) is 2. The molecule has 1 aromatic carbocycles. The number of nitrogens with one attached hydrogen (secondary N) is 1. The van der Waals surface area contributed by atoms with E-state index in [4.69, 9.17) is 11.6 Å². The van der Waals surface area contributed by atoms with Gasteiger partial charge in [0.2, 0.25) is 21.8 Å². The van der Waals surface area contributed by atoms with Crippen molar-refractivity contribution < 1.29 is 18.0 Å². The molecular weight excluding hydrogens is 366 g/mol. The molecule has 2 heterocycles. The molecule has 1 N–H and O–H groups in total. The molecule has 2 aliphatic rings. The van der Waals surface area contributed by atoms with Crippen LogP contribution in [0.25, 0.3) is 0 Å². The summed E-state index contributed by atoms with van der Waals surface area (Å²) in [4.78, 5) is 26.5. The number of sulfonamides is 1. The molecule has 0 aromatic heterocycles. The fourth-order valence-electron chi connectivity index (χ4n) is 3.23. The number of rotatable bonds is 4. The standard InChI is InChI=1S/C16H20ClN3O4S/c1-2-3-13-16(22)20-9-8-19(10-14(20)15(21)18-13)25(23,24)12-6-4-11(17)5-7-12/h4-7,13-14H,2-3,8-10H2,1H3,(H,18,21)/t13-,14+/m0/s1. The van der Waals surface area contributed by atoms with Gasteiger partial charge in [-0.25, -0.2) is 8.42 Å². The quantitative estimate of drug-likeness (QED) is 0.832. The van der Waals surface area contributed by atoms with E-state index in [1.807, 2.05) is 6.92 Å². The van der Waals surface area contributed by atoms with Crippen LogP contribution in [0.3, 0.4) is 0 Å². The first-order valence-corrected chi connectivity index (χ1v) is 10.0. The second-order valence-electron chi connectivity index (χ2n) is 6.21. The van der Waals surface area contributed by atoms with E-state index in [1.165, 1.54) is 33.5 Å². The van der Waals surface area contributed by atoms with Crippen molar-refractivity contribution in [3.63, 3.8) is 0 Å². The average molecular weight is 386 g/mol. The van der Waals surface area contributed by atoms with Gasteiger partial charge in [-0.15, -0.1) is 0 Å². The van der Waals surface area contributed by atoms with E-state index in [2.05, 4.69) is 5.32 Å². The molecule has 0 bridgehead atoms. The second kappa shape index (κ2) is 6.93. The lowest BCUT2D eigenvalue weighted by Crippen LogP contribution is -2.69. The predicted octanol–water partition coefficient (Wildman–Crippen LogP) is 0.840. The van der Waals surface area contributed by atoms with Gasteiger partial charge >= 0.3 is 0 Å². The number of benzene rings is 1. The van der Waals surface area contributed by atoms with Crippen molar-refractivity contribution in [2.45, 2.75) is 36.7 Å². The van der Waals surface area contributed by atoms with Crippen LogP contribution in [0, 0.1) is 0 Å². The van der Waals surface area contributed by atoms with Gasteiger partial charge in [0.15, 0.2) is 0 Å². The van der Waals surface area contributed by atoms with Crippen molar-refractivity contribution in [2.75, 3.05) is 19.6 Å². The molecule has 2 atom stereocenters. The number of carbonyl (C=O) groups excluding carboxylic acids is 2. The minimum atomic E-state index is -3.74. The monoisotopic (exact) mass is 385 g/mol. The third-order valence-electron chi connectivity index (χ3n) is 4.57. The van der Waals surface area contributed by atoms with Gasteiger partial charge in [0.25, 0.3) is 0 Å². The molecule has 2 fully saturated rings. The smallest absolute Gasteiger partial charge is 0.245 e. The normalized spacial score (nSPS) is 24.8. The topological polar surface area (TPSA) is 86.8 Å². The fourth-order valence-corrected chi connectivity index (χ4v) is 4.80. The van der Waals surface area contributed by atoms with E-state index in [0.717, 1.165) is 6.42 Å². The van der Waals surface area contributed by atoms with Gasteiger partial charge in [-0.3, -0.25) is 9.59 Å². The molecule has 2 aliphatic heterocycles. The number of fused-ring (bicyclic) bond motifs is 1. The molecule has 0 unspecified atom stereocenters. The summed E-state index contributed by atoms with van der Waals surface area (Å²) in [6.45, 7) is 2.28. The first-order chi connectivity index (χ1) is 11.8. The molecule has 0 saturated carbocycles. The number of piperazine rings is 2.